The van der Waals surface area contributed by atoms with Crippen molar-refractivity contribution in [2.45, 2.75) is 12.2 Å². The molecule has 20 heavy (non-hydrogen) atoms. The van der Waals surface area contributed by atoms with Crippen LogP contribution in [0, 0.1) is 5.82 Å². The van der Waals surface area contributed by atoms with Crippen molar-refractivity contribution in [3.05, 3.63) is 69.4 Å². The summed E-state index contributed by atoms with van der Waals surface area (Å²) in [5, 5.41) is 0. The van der Waals surface area contributed by atoms with E-state index >= 15 is 0 Å². The molecule has 0 radical (unpaired) electrons. The minimum Gasteiger partial charge on any atom is -0.320 e. The molecule has 0 aliphatic rings. The average Bonchev–Trinajstić information content (AvgIpc) is 2.37. The first-order valence-corrected chi connectivity index (χ1v) is 6.46. The Labute approximate surface area is 121 Å². The Morgan fingerprint density at radius 2 is 1.65 bits per heavy atom. The Morgan fingerprint density at radius 1 is 1.00 bits per heavy atom. The number of hydrogen-bond donors (Lipinski definition) is 1. The Kier molecular flexibility index (Phi) is 4.15. The van der Waals surface area contributed by atoms with E-state index in [1.165, 1.54) is 24.3 Å². The number of halogens is 5. The molecule has 0 aromatic heterocycles. The molecule has 0 bridgehead atoms. The lowest BCUT2D eigenvalue weighted by molar-refractivity contribution is -0.137. The van der Waals surface area contributed by atoms with Gasteiger partial charge in [-0.15, -0.1) is 0 Å². The van der Waals surface area contributed by atoms with Crippen molar-refractivity contribution in [3.8, 4) is 0 Å². The predicted octanol–water partition coefficient (Wildman–Crippen LogP) is 4.66. The van der Waals surface area contributed by atoms with E-state index in [2.05, 4.69) is 15.9 Å². The van der Waals surface area contributed by atoms with Gasteiger partial charge in [0, 0.05) is 10.0 Å². The topological polar surface area (TPSA) is 26.0 Å². The SMILES string of the molecule is NC(c1ccccc1F)c1cc(C(F)(F)F)ccc1Br. The molecule has 2 rings (SSSR count). The second-order valence-corrected chi connectivity index (χ2v) is 5.09. The highest BCUT2D eigenvalue weighted by molar-refractivity contribution is 9.10. The third-order valence-corrected chi connectivity index (χ3v) is 3.62. The first-order valence-electron chi connectivity index (χ1n) is 5.67. The van der Waals surface area contributed by atoms with Crippen LogP contribution in [-0.2, 0) is 6.18 Å². The Balaban J connectivity index is 2.50. The van der Waals surface area contributed by atoms with Crippen molar-refractivity contribution in [1.82, 2.24) is 0 Å². The van der Waals surface area contributed by atoms with Crippen LogP contribution in [0.1, 0.15) is 22.7 Å². The molecule has 0 fully saturated rings. The second-order valence-electron chi connectivity index (χ2n) is 4.23. The Bertz CT molecular complexity index is 625. The van der Waals surface area contributed by atoms with Gasteiger partial charge in [0.05, 0.1) is 11.6 Å². The van der Waals surface area contributed by atoms with E-state index in [-0.39, 0.29) is 11.1 Å². The molecule has 0 aliphatic carbocycles. The Morgan fingerprint density at radius 3 is 2.25 bits per heavy atom. The van der Waals surface area contributed by atoms with Crippen molar-refractivity contribution >= 4 is 15.9 Å². The van der Waals surface area contributed by atoms with E-state index in [1.54, 1.807) is 6.07 Å². The number of nitrogens with two attached hydrogens (primary N) is 1. The number of rotatable bonds is 2. The van der Waals surface area contributed by atoms with Crippen LogP contribution in [0.4, 0.5) is 17.6 Å². The summed E-state index contributed by atoms with van der Waals surface area (Å²) >= 11 is 3.15. The van der Waals surface area contributed by atoms with Crippen LogP contribution in [0.3, 0.4) is 0 Å². The molecule has 2 aromatic rings. The lowest BCUT2D eigenvalue weighted by Gasteiger charge is -2.17. The van der Waals surface area contributed by atoms with Gasteiger partial charge in [0.15, 0.2) is 0 Å². The summed E-state index contributed by atoms with van der Waals surface area (Å²) in [5.74, 6) is -0.552. The molecule has 1 unspecified atom stereocenters. The van der Waals surface area contributed by atoms with Gasteiger partial charge in [0.1, 0.15) is 5.82 Å². The first-order chi connectivity index (χ1) is 9.30. The van der Waals surface area contributed by atoms with Crippen molar-refractivity contribution in [2.24, 2.45) is 5.73 Å². The highest BCUT2D eigenvalue weighted by atomic mass is 79.9. The van der Waals surface area contributed by atoms with E-state index in [0.29, 0.717) is 4.47 Å². The van der Waals surface area contributed by atoms with Crippen LogP contribution in [0.2, 0.25) is 0 Å². The molecule has 0 heterocycles. The van der Waals surface area contributed by atoms with Crippen LogP contribution in [0.15, 0.2) is 46.9 Å². The largest absolute Gasteiger partial charge is 0.416 e. The maximum atomic E-state index is 13.7. The number of hydrogen-bond acceptors (Lipinski definition) is 1. The van der Waals surface area contributed by atoms with Gasteiger partial charge in [-0.25, -0.2) is 4.39 Å². The van der Waals surface area contributed by atoms with Gasteiger partial charge in [-0.1, -0.05) is 34.1 Å². The highest BCUT2D eigenvalue weighted by Gasteiger charge is 2.31. The van der Waals surface area contributed by atoms with E-state index in [0.717, 1.165) is 12.1 Å². The third kappa shape index (κ3) is 3.02. The zero-order valence-electron chi connectivity index (χ0n) is 10.1. The van der Waals surface area contributed by atoms with Gasteiger partial charge >= 0.3 is 6.18 Å². The highest BCUT2D eigenvalue weighted by Crippen LogP contribution is 2.35. The molecule has 0 aliphatic heterocycles. The van der Waals surface area contributed by atoms with Gasteiger partial charge in [0.25, 0.3) is 0 Å². The normalized spacial score (nSPS) is 13.3. The van der Waals surface area contributed by atoms with Gasteiger partial charge in [-0.3, -0.25) is 0 Å². The minimum absolute atomic E-state index is 0.146. The van der Waals surface area contributed by atoms with Gasteiger partial charge < -0.3 is 5.73 Å². The summed E-state index contributed by atoms with van der Waals surface area (Å²) in [6, 6.07) is 7.91. The molecule has 6 heteroatoms. The zero-order chi connectivity index (χ0) is 14.9. The van der Waals surface area contributed by atoms with Crippen molar-refractivity contribution in [3.63, 3.8) is 0 Å². The summed E-state index contributed by atoms with van der Waals surface area (Å²) in [7, 11) is 0. The average molecular weight is 348 g/mol. The smallest absolute Gasteiger partial charge is 0.320 e. The molecule has 2 aromatic carbocycles. The fraction of sp³-hybridized carbons (Fsp3) is 0.143. The first kappa shape index (κ1) is 15.0. The summed E-state index contributed by atoms with van der Waals surface area (Å²) in [5.41, 5.74) is 5.41. The predicted molar refractivity (Wildman–Crippen MR) is 71.6 cm³/mol. The van der Waals surface area contributed by atoms with Crippen molar-refractivity contribution in [1.29, 1.82) is 0 Å². The molecular formula is C14H10BrF4N. The van der Waals surface area contributed by atoms with Crippen LogP contribution < -0.4 is 5.73 Å². The van der Waals surface area contributed by atoms with E-state index in [1.807, 2.05) is 0 Å². The summed E-state index contributed by atoms with van der Waals surface area (Å²) in [4.78, 5) is 0. The lowest BCUT2D eigenvalue weighted by atomic mass is 9.97. The van der Waals surface area contributed by atoms with Crippen molar-refractivity contribution in [2.75, 3.05) is 0 Å². The quantitative estimate of drug-likeness (QED) is 0.786. The summed E-state index contributed by atoms with van der Waals surface area (Å²) < 4.78 is 52.2. The van der Waals surface area contributed by atoms with E-state index in [9.17, 15) is 17.6 Å². The maximum Gasteiger partial charge on any atom is 0.416 e. The van der Waals surface area contributed by atoms with Crippen molar-refractivity contribution < 1.29 is 17.6 Å². The summed E-state index contributed by atoms with van der Waals surface area (Å²) in [6.07, 6.45) is -4.47. The van der Waals surface area contributed by atoms with Gasteiger partial charge in [0.2, 0.25) is 0 Å². The zero-order valence-corrected chi connectivity index (χ0v) is 11.7. The van der Waals surface area contributed by atoms with E-state index in [4.69, 9.17) is 5.73 Å². The monoisotopic (exact) mass is 347 g/mol. The molecule has 0 saturated heterocycles. The van der Waals surface area contributed by atoms with Gasteiger partial charge in [-0.2, -0.15) is 13.2 Å². The summed E-state index contributed by atoms with van der Waals surface area (Å²) in [6.45, 7) is 0. The fourth-order valence-electron chi connectivity index (χ4n) is 1.85. The molecule has 106 valence electrons. The van der Waals surface area contributed by atoms with Crippen LogP contribution in [0.25, 0.3) is 0 Å². The fourth-order valence-corrected chi connectivity index (χ4v) is 2.35. The van der Waals surface area contributed by atoms with E-state index < -0.39 is 23.6 Å². The molecule has 0 spiro atoms. The molecule has 2 N–H and O–H groups in total. The number of benzene rings is 2. The number of alkyl halides is 3. The molecule has 1 nitrogen and oxygen atoms in total. The third-order valence-electron chi connectivity index (χ3n) is 2.90. The molecule has 0 saturated carbocycles. The second kappa shape index (κ2) is 5.54. The maximum absolute atomic E-state index is 13.7. The van der Waals surface area contributed by atoms with Gasteiger partial charge in [-0.05, 0) is 29.8 Å². The van der Waals surface area contributed by atoms with Crippen LogP contribution in [-0.4, -0.2) is 0 Å². The standard InChI is InChI=1S/C14H10BrF4N/c15-11-6-5-8(14(17,18)19)7-10(11)13(20)9-3-1-2-4-12(9)16/h1-7,13H,20H2. The molecule has 1 atom stereocenters. The minimum atomic E-state index is -4.47. The Hall–Kier alpha value is -1.40. The molecule has 0 amide bonds. The van der Waals surface area contributed by atoms with Crippen LogP contribution in [0.5, 0.6) is 0 Å². The lowest BCUT2D eigenvalue weighted by Crippen LogP contribution is -2.16. The van der Waals surface area contributed by atoms with Crippen LogP contribution >= 0.6 is 15.9 Å². The molecular weight excluding hydrogens is 338 g/mol.